The van der Waals surface area contributed by atoms with Gasteiger partial charge in [-0.1, -0.05) is 72.8 Å². The lowest BCUT2D eigenvalue weighted by Crippen LogP contribution is -2.26. The fourth-order valence-corrected chi connectivity index (χ4v) is 4.72. The van der Waals surface area contributed by atoms with Gasteiger partial charge in [0.2, 0.25) is 5.91 Å². The number of carbonyl (C=O) groups is 2. The van der Waals surface area contributed by atoms with Crippen molar-refractivity contribution in [3.05, 3.63) is 124 Å². The Hall–Kier alpha value is -5.18. The highest BCUT2D eigenvalue weighted by Gasteiger charge is 2.19. The van der Waals surface area contributed by atoms with E-state index in [0.717, 1.165) is 27.9 Å². The highest BCUT2D eigenvalue weighted by Crippen LogP contribution is 2.31. The van der Waals surface area contributed by atoms with Crippen LogP contribution < -0.4 is 15.4 Å². The lowest BCUT2D eigenvalue weighted by atomic mass is 10.0. The number of nitro groups is 1. The summed E-state index contributed by atoms with van der Waals surface area (Å²) in [6.45, 7) is 6.32. The van der Waals surface area contributed by atoms with Gasteiger partial charge in [0, 0.05) is 42.4 Å². The zero-order chi connectivity index (χ0) is 32.2. The smallest absolute Gasteiger partial charge is 0.428 e. The lowest BCUT2D eigenvalue weighted by Gasteiger charge is -2.19. The molecule has 4 rings (SSSR count). The van der Waals surface area contributed by atoms with Crippen molar-refractivity contribution in [2.75, 3.05) is 5.32 Å². The molecule has 0 aliphatic heterocycles. The van der Waals surface area contributed by atoms with Crippen LogP contribution in [0.15, 0.2) is 97.1 Å². The van der Waals surface area contributed by atoms with Crippen LogP contribution in [0.4, 0.5) is 16.2 Å². The van der Waals surface area contributed by atoms with E-state index in [1.165, 1.54) is 6.07 Å². The summed E-state index contributed by atoms with van der Waals surface area (Å²) in [4.78, 5) is 35.9. The van der Waals surface area contributed by atoms with E-state index in [2.05, 4.69) is 10.6 Å². The third-order valence-electron chi connectivity index (χ3n) is 6.94. The van der Waals surface area contributed by atoms with Crippen LogP contribution in [0.3, 0.4) is 0 Å². The second-order valence-electron chi connectivity index (χ2n) is 11.7. The van der Waals surface area contributed by atoms with Crippen molar-refractivity contribution in [2.45, 2.75) is 65.1 Å². The molecule has 0 radical (unpaired) electrons. The third kappa shape index (κ3) is 10.5. The van der Waals surface area contributed by atoms with E-state index < -0.39 is 11.8 Å². The molecule has 0 bridgehead atoms. The first-order valence-electron chi connectivity index (χ1n) is 15.0. The topological polar surface area (TPSA) is 120 Å². The van der Waals surface area contributed by atoms with Crippen molar-refractivity contribution in [1.29, 1.82) is 0 Å². The second-order valence-corrected chi connectivity index (χ2v) is 11.7. The van der Waals surface area contributed by atoms with Crippen LogP contribution in [0.1, 0.15) is 56.7 Å². The molecule has 0 saturated carbocycles. The molecule has 0 unspecified atom stereocenters. The Morgan fingerprint density at radius 1 is 0.822 bits per heavy atom. The zero-order valence-electron chi connectivity index (χ0n) is 25.9. The summed E-state index contributed by atoms with van der Waals surface area (Å²) < 4.78 is 10.7. The van der Waals surface area contributed by atoms with Gasteiger partial charge in [0.05, 0.1) is 4.92 Å². The van der Waals surface area contributed by atoms with E-state index in [4.69, 9.17) is 9.47 Å². The minimum Gasteiger partial charge on any atom is -0.428 e. The van der Waals surface area contributed by atoms with Crippen molar-refractivity contribution in [3.63, 3.8) is 0 Å². The van der Waals surface area contributed by atoms with Gasteiger partial charge >= 0.3 is 6.16 Å². The molecule has 9 heteroatoms. The number of hydrogen-bond acceptors (Lipinski definition) is 7. The highest BCUT2D eigenvalue weighted by molar-refractivity contribution is 5.76. The average Bonchev–Trinajstić information content (AvgIpc) is 3.01. The zero-order valence-corrected chi connectivity index (χ0v) is 25.9. The summed E-state index contributed by atoms with van der Waals surface area (Å²) in [5.41, 5.74) is 4.55. The number of amides is 1. The van der Waals surface area contributed by atoms with Gasteiger partial charge < -0.3 is 20.1 Å². The van der Waals surface area contributed by atoms with Gasteiger partial charge in [-0.2, -0.15) is 0 Å². The van der Waals surface area contributed by atoms with Crippen molar-refractivity contribution in [2.24, 2.45) is 0 Å². The fourth-order valence-electron chi connectivity index (χ4n) is 4.72. The first-order chi connectivity index (χ1) is 21.6. The van der Waals surface area contributed by atoms with Crippen molar-refractivity contribution in [3.8, 4) is 16.9 Å². The molecule has 1 amide bonds. The second kappa shape index (κ2) is 15.5. The van der Waals surface area contributed by atoms with E-state index in [-0.39, 0.29) is 16.5 Å². The number of nitrogens with one attached hydrogen (secondary N) is 2. The number of nitrogens with zero attached hydrogens (tertiary/aromatic N) is 1. The van der Waals surface area contributed by atoms with Crippen molar-refractivity contribution >= 4 is 23.4 Å². The molecule has 0 spiro atoms. The molecule has 2 N–H and O–H groups in total. The molecule has 4 aromatic carbocycles. The van der Waals surface area contributed by atoms with Crippen LogP contribution in [0.5, 0.6) is 5.75 Å². The average molecular weight is 610 g/mol. The van der Waals surface area contributed by atoms with E-state index in [0.29, 0.717) is 50.1 Å². The largest absolute Gasteiger partial charge is 0.514 e. The van der Waals surface area contributed by atoms with Crippen molar-refractivity contribution in [1.82, 2.24) is 5.32 Å². The van der Waals surface area contributed by atoms with E-state index >= 15 is 0 Å². The van der Waals surface area contributed by atoms with E-state index in [9.17, 15) is 19.7 Å². The molecule has 4 aromatic rings. The number of para-hydroxylation sites is 1. The minimum atomic E-state index is -0.767. The SMILES string of the molecule is CC(C)(C)OC(=O)Oc1ccccc1-c1ccc(CNC(=O)CCCCc2cc(NCc3ccccc3)ccc2[N+](=O)[O-])cc1. The Kier molecular flexibility index (Phi) is 11.3. The predicted molar refractivity (Wildman–Crippen MR) is 175 cm³/mol. The number of unbranched alkanes of at least 4 members (excludes halogenated alkanes) is 1. The first kappa shape index (κ1) is 32.7. The van der Waals surface area contributed by atoms with Crippen LogP contribution in [0.25, 0.3) is 11.1 Å². The Bertz CT molecular complexity index is 1600. The van der Waals surface area contributed by atoms with Gasteiger partial charge in [-0.25, -0.2) is 4.79 Å². The summed E-state index contributed by atoms with van der Waals surface area (Å²) in [5.74, 6) is 0.316. The number of hydrogen-bond donors (Lipinski definition) is 2. The summed E-state index contributed by atoms with van der Waals surface area (Å²) in [5, 5.41) is 17.8. The number of aryl methyl sites for hydroxylation is 1. The molecule has 0 fully saturated rings. The number of anilines is 1. The highest BCUT2D eigenvalue weighted by atomic mass is 16.7. The van der Waals surface area contributed by atoms with Crippen LogP contribution in [0.2, 0.25) is 0 Å². The Labute approximate surface area is 263 Å². The Morgan fingerprint density at radius 2 is 1.51 bits per heavy atom. The van der Waals surface area contributed by atoms with Gasteiger partial charge in [-0.05, 0) is 74.9 Å². The fraction of sp³-hybridized carbons (Fsp3) is 0.278. The number of rotatable bonds is 13. The van der Waals surface area contributed by atoms with Gasteiger partial charge in [-0.15, -0.1) is 0 Å². The number of ether oxygens (including phenoxy) is 2. The lowest BCUT2D eigenvalue weighted by molar-refractivity contribution is -0.385. The number of nitro benzene ring substituents is 1. The molecule has 45 heavy (non-hydrogen) atoms. The molecular formula is C36H39N3O6. The molecular weight excluding hydrogens is 570 g/mol. The Morgan fingerprint density at radius 3 is 2.22 bits per heavy atom. The molecule has 0 aromatic heterocycles. The van der Waals surface area contributed by atoms with Crippen LogP contribution >= 0.6 is 0 Å². The molecule has 0 saturated heterocycles. The monoisotopic (exact) mass is 609 g/mol. The molecule has 0 atom stereocenters. The van der Waals surface area contributed by atoms with Gasteiger partial charge in [0.25, 0.3) is 5.69 Å². The quantitative estimate of drug-likeness (QED) is 0.0515. The van der Waals surface area contributed by atoms with Crippen LogP contribution in [0, 0.1) is 10.1 Å². The maximum Gasteiger partial charge on any atom is 0.514 e. The van der Waals surface area contributed by atoms with Gasteiger partial charge in [-0.3, -0.25) is 14.9 Å². The molecule has 0 heterocycles. The molecule has 0 aliphatic carbocycles. The Balaban J connectivity index is 1.24. The van der Waals surface area contributed by atoms with Gasteiger partial charge in [0.15, 0.2) is 0 Å². The maximum absolute atomic E-state index is 12.5. The van der Waals surface area contributed by atoms with Gasteiger partial charge in [0.1, 0.15) is 11.4 Å². The third-order valence-corrected chi connectivity index (χ3v) is 6.94. The standard InChI is InChI=1S/C36H39N3O6/c1-36(2,3)45-35(41)44-33-15-9-8-14-31(33)28-19-17-27(18-20-28)25-38-34(40)16-10-7-13-29-23-30(21-22-32(29)39(42)43)37-24-26-11-5-4-6-12-26/h4-6,8-9,11-12,14-15,17-23,37H,7,10,13,16,24-25H2,1-3H3,(H,38,40). The van der Waals surface area contributed by atoms with E-state index in [1.807, 2.05) is 72.8 Å². The minimum absolute atomic E-state index is 0.0806. The first-order valence-corrected chi connectivity index (χ1v) is 15.0. The van der Waals surface area contributed by atoms with E-state index in [1.54, 1.807) is 39.0 Å². The normalized spacial score (nSPS) is 11.0. The van der Waals surface area contributed by atoms with Crippen molar-refractivity contribution < 1.29 is 24.0 Å². The van der Waals surface area contributed by atoms with Crippen LogP contribution in [-0.4, -0.2) is 22.6 Å². The molecule has 234 valence electrons. The summed E-state index contributed by atoms with van der Waals surface area (Å²) in [6.07, 6.45) is 1.32. The summed E-state index contributed by atoms with van der Waals surface area (Å²) in [7, 11) is 0. The molecule has 9 nitrogen and oxygen atoms in total. The predicted octanol–water partition coefficient (Wildman–Crippen LogP) is 8.22. The maximum atomic E-state index is 12.5. The number of benzene rings is 4. The summed E-state index contributed by atoms with van der Waals surface area (Å²) >= 11 is 0. The number of carbonyl (C=O) groups excluding carboxylic acids is 2. The molecule has 0 aliphatic rings. The summed E-state index contributed by atoms with van der Waals surface area (Å²) in [6, 6.07) is 29.9. The van der Waals surface area contributed by atoms with Crippen LogP contribution in [-0.2, 0) is 29.0 Å².